The standard InChI is InChI=1S/C12H8N2.C9H6O2/c1-3-9-5-6-11-10(4-2-7-13-11)12(9)14-8-1;10-9-6-5-7-3-1-2-4-8(7)11-9/h1-8H;1-6H. The fourth-order valence-electron chi connectivity index (χ4n) is 2.71. The van der Waals surface area contributed by atoms with Crippen LogP contribution in [0.1, 0.15) is 0 Å². The van der Waals surface area contributed by atoms with Gasteiger partial charge in [-0.3, -0.25) is 9.97 Å². The number of hydrogen-bond acceptors (Lipinski definition) is 4. The molecular formula is C21H14N2O2. The van der Waals surface area contributed by atoms with E-state index in [2.05, 4.69) is 28.2 Å². The van der Waals surface area contributed by atoms with Crippen LogP contribution in [0.2, 0.25) is 0 Å². The number of hydrogen-bond donors (Lipinski definition) is 0. The summed E-state index contributed by atoms with van der Waals surface area (Å²) in [6.45, 7) is 0. The van der Waals surface area contributed by atoms with Crippen LogP contribution in [-0.2, 0) is 0 Å². The van der Waals surface area contributed by atoms with Gasteiger partial charge in [-0.05, 0) is 36.4 Å². The molecule has 0 saturated heterocycles. The van der Waals surface area contributed by atoms with Crippen molar-refractivity contribution in [2.75, 3.05) is 0 Å². The lowest BCUT2D eigenvalue weighted by molar-refractivity contribution is 0.561. The molecule has 0 atom stereocenters. The van der Waals surface area contributed by atoms with E-state index in [1.807, 2.05) is 42.6 Å². The SMILES string of the molecule is O=c1ccc2ccccc2o1.c1cnc2c(c1)ccc1ncccc12. The van der Waals surface area contributed by atoms with Crippen molar-refractivity contribution in [3.05, 3.63) is 95.6 Å². The van der Waals surface area contributed by atoms with Crippen LogP contribution in [-0.4, -0.2) is 9.97 Å². The normalized spacial score (nSPS) is 10.6. The van der Waals surface area contributed by atoms with Crippen molar-refractivity contribution in [1.29, 1.82) is 0 Å². The maximum atomic E-state index is 10.7. The van der Waals surface area contributed by atoms with E-state index >= 15 is 0 Å². The highest BCUT2D eigenvalue weighted by molar-refractivity contribution is 6.03. The number of nitrogens with zero attached hydrogens (tertiary/aromatic N) is 2. The Morgan fingerprint density at radius 1 is 0.680 bits per heavy atom. The highest BCUT2D eigenvalue weighted by Gasteiger charge is 1.99. The Bertz CT molecular complexity index is 1170. The van der Waals surface area contributed by atoms with Gasteiger partial charge >= 0.3 is 5.63 Å². The molecule has 0 saturated carbocycles. The Morgan fingerprint density at radius 3 is 2.40 bits per heavy atom. The minimum Gasteiger partial charge on any atom is -0.423 e. The summed E-state index contributed by atoms with van der Waals surface area (Å²) in [5.41, 5.74) is 2.36. The third-order valence-corrected chi connectivity index (χ3v) is 3.88. The second kappa shape index (κ2) is 6.53. The molecule has 0 aliphatic heterocycles. The molecule has 5 aromatic rings. The predicted molar refractivity (Wildman–Crippen MR) is 99.5 cm³/mol. The second-order valence-corrected chi connectivity index (χ2v) is 5.50. The van der Waals surface area contributed by atoms with E-state index in [1.54, 1.807) is 18.3 Å². The molecule has 0 amide bonds. The Hall–Kier alpha value is -3.53. The van der Waals surface area contributed by atoms with Gasteiger partial charge in [-0.1, -0.05) is 30.3 Å². The van der Waals surface area contributed by atoms with Crippen molar-refractivity contribution in [2.24, 2.45) is 0 Å². The van der Waals surface area contributed by atoms with Crippen molar-refractivity contribution in [1.82, 2.24) is 9.97 Å². The monoisotopic (exact) mass is 326 g/mol. The summed E-state index contributed by atoms with van der Waals surface area (Å²) in [5.74, 6) is 0. The summed E-state index contributed by atoms with van der Waals surface area (Å²) in [4.78, 5) is 19.4. The molecule has 25 heavy (non-hydrogen) atoms. The largest absolute Gasteiger partial charge is 0.423 e. The topological polar surface area (TPSA) is 56.0 Å². The smallest absolute Gasteiger partial charge is 0.336 e. The van der Waals surface area contributed by atoms with Gasteiger partial charge in [0, 0.05) is 34.6 Å². The van der Waals surface area contributed by atoms with Crippen molar-refractivity contribution < 1.29 is 4.42 Å². The minimum atomic E-state index is -0.302. The Morgan fingerprint density at radius 2 is 1.44 bits per heavy atom. The average Bonchev–Trinajstić information content (AvgIpc) is 2.68. The number of fused-ring (bicyclic) bond motifs is 4. The molecule has 2 aromatic carbocycles. The van der Waals surface area contributed by atoms with Crippen LogP contribution in [0.4, 0.5) is 0 Å². The van der Waals surface area contributed by atoms with Gasteiger partial charge in [0.05, 0.1) is 11.0 Å². The minimum absolute atomic E-state index is 0.302. The molecule has 3 heterocycles. The summed E-state index contributed by atoms with van der Waals surface area (Å²) in [6.07, 6.45) is 3.62. The van der Waals surface area contributed by atoms with Crippen molar-refractivity contribution in [3.8, 4) is 0 Å². The van der Waals surface area contributed by atoms with Gasteiger partial charge in [0.2, 0.25) is 0 Å². The van der Waals surface area contributed by atoms with Gasteiger partial charge in [-0.25, -0.2) is 4.79 Å². The van der Waals surface area contributed by atoms with E-state index in [0.717, 1.165) is 27.2 Å². The molecule has 5 rings (SSSR count). The first-order valence-corrected chi connectivity index (χ1v) is 7.89. The number of benzene rings is 2. The van der Waals surface area contributed by atoms with Crippen LogP contribution in [0, 0.1) is 0 Å². The van der Waals surface area contributed by atoms with Gasteiger partial charge in [-0.15, -0.1) is 0 Å². The van der Waals surface area contributed by atoms with E-state index in [9.17, 15) is 4.79 Å². The molecule has 0 bridgehead atoms. The number of rotatable bonds is 0. The van der Waals surface area contributed by atoms with Crippen molar-refractivity contribution in [2.45, 2.75) is 0 Å². The van der Waals surface area contributed by atoms with E-state index < -0.39 is 0 Å². The zero-order chi connectivity index (χ0) is 17.1. The average molecular weight is 326 g/mol. The van der Waals surface area contributed by atoms with Crippen LogP contribution < -0.4 is 5.63 Å². The van der Waals surface area contributed by atoms with E-state index in [-0.39, 0.29) is 5.63 Å². The van der Waals surface area contributed by atoms with Gasteiger partial charge < -0.3 is 4.42 Å². The first-order valence-electron chi connectivity index (χ1n) is 7.89. The second-order valence-electron chi connectivity index (χ2n) is 5.50. The third-order valence-electron chi connectivity index (χ3n) is 3.88. The van der Waals surface area contributed by atoms with Crippen LogP contribution in [0.5, 0.6) is 0 Å². The number of para-hydroxylation sites is 1. The molecule has 0 spiro atoms. The van der Waals surface area contributed by atoms with Gasteiger partial charge in [0.25, 0.3) is 0 Å². The zero-order valence-electron chi connectivity index (χ0n) is 13.3. The Balaban J connectivity index is 0.000000129. The molecule has 0 fully saturated rings. The molecule has 3 aromatic heterocycles. The molecule has 4 heteroatoms. The summed E-state index contributed by atoms with van der Waals surface area (Å²) in [6, 6.07) is 22.7. The lowest BCUT2D eigenvalue weighted by Crippen LogP contribution is -1.93. The maximum absolute atomic E-state index is 10.7. The molecule has 0 aliphatic carbocycles. The maximum Gasteiger partial charge on any atom is 0.336 e. The Kier molecular flexibility index (Phi) is 3.92. The van der Waals surface area contributed by atoms with Gasteiger partial charge in [0.15, 0.2) is 0 Å². The molecule has 4 nitrogen and oxygen atoms in total. The first-order chi connectivity index (χ1) is 12.3. The van der Waals surface area contributed by atoms with E-state index in [4.69, 9.17) is 4.42 Å². The molecule has 120 valence electrons. The highest BCUT2D eigenvalue weighted by atomic mass is 16.4. The highest BCUT2D eigenvalue weighted by Crippen LogP contribution is 2.20. The molecule has 0 N–H and O–H groups in total. The molecule has 0 unspecified atom stereocenters. The van der Waals surface area contributed by atoms with E-state index in [1.165, 1.54) is 6.07 Å². The van der Waals surface area contributed by atoms with E-state index in [0.29, 0.717) is 5.58 Å². The van der Waals surface area contributed by atoms with Gasteiger partial charge in [0.1, 0.15) is 5.58 Å². The summed E-state index contributed by atoms with van der Waals surface area (Å²) in [7, 11) is 0. The Labute approximate surface area is 143 Å². The number of aromatic nitrogens is 2. The van der Waals surface area contributed by atoms with Crippen molar-refractivity contribution >= 4 is 32.8 Å². The summed E-state index contributed by atoms with van der Waals surface area (Å²) < 4.78 is 4.91. The fourth-order valence-corrected chi connectivity index (χ4v) is 2.71. The lowest BCUT2D eigenvalue weighted by Gasteiger charge is -2.00. The predicted octanol–water partition coefficient (Wildman–Crippen LogP) is 4.58. The third kappa shape index (κ3) is 3.10. The zero-order valence-corrected chi connectivity index (χ0v) is 13.3. The molecule has 0 radical (unpaired) electrons. The van der Waals surface area contributed by atoms with Crippen LogP contribution in [0.3, 0.4) is 0 Å². The molecular weight excluding hydrogens is 312 g/mol. The first kappa shape index (κ1) is 15.0. The quantitative estimate of drug-likeness (QED) is 0.309. The van der Waals surface area contributed by atoms with Crippen LogP contribution in [0.15, 0.2) is 94.4 Å². The molecule has 0 aliphatic rings. The van der Waals surface area contributed by atoms with Gasteiger partial charge in [-0.2, -0.15) is 0 Å². The fraction of sp³-hybridized carbons (Fsp3) is 0. The van der Waals surface area contributed by atoms with Crippen LogP contribution >= 0.6 is 0 Å². The van der Waals surface area contributed by atoms with Crippen LogP contribution in [0.25, 0.3) is 32.8 Å². The number of pyridine rings is 2. The lowest BCUT2D eigenvalue weighted by atomic mass is 10.1. The summed E-state index contributed by atoms with van der Waals surface area (Å²) in [5, 5.41) is 3.23. The summed E-state index contributed by atoms with van der Waals surface area (Å²) >= 11 is 0. The van der Waals surface area contributed by atoms with Crippen molar-refractivity contribution in [3.63, 3.8) is 0 Å².